The van der Waals surface area contributed by atoms with Gasteiger partial charge < -0.3 is 10.1 Å². The minimum absolute atomic E-state index is 0.185. The van der Waals surface area contributed by atoms with E-state index in [1.165, 1.54) is 23.9 Å². The van der Waals surface area contributed by atoms with E-state index in [4.69, 9.17) is 0 Å². The normalized spacial score (nSPS) is 14.7. The molecule has 0 spiro atoms. The zero-order valence-electron chi connectivity index (χ0n) is 12.8. The van der Waals surface area contributed by atoms with Crippen molar-refractivity contribution in [3.63, 3.8) is 0 Å². The molecule has 0 aliphatic heterocycles. The van der Waals surface area contributed by atoms with Gasteiger partial charge in [0.05, 0.1) is 16.7 Å². The lowest BCUT2D eigenvalue weighted by Gasteiger charge is -2.21. The molecule has 0 fully saturated rings. The van der Waals surface area contributed by atoms with E-state index in [-0.39, 0.29) is 5.52 Å². The average Bonchev–Trinajstić information content (AvgIpc) is 2.97. The van der Waals surface area contributed by atoms with Crippen molar-refractivity contribution in [1.29, 1.82) is 0 Å². The van der Waals surface area contributed by atoms with Crippen LogP contribution in [0.4, 0.5) is 13.2 Å². The summed E-state index contributed by atoms with van der Waals surface area (Å²) in [5.41, 5.74) is -1.08. The summed E-state index contributed by atoms with van der Waals surface area (Å²) in [5.74, 6) is 0.357. The van der Waals surface area contributed by atoms with Gasteiger partial charge in [0.25, 0.3) is 0 Å². The van der Waals surface area contributed by atoms with Crippen LogP contribution in [0, 0.1) is 0 Å². The van der Waals surface area contributed by atoms with Crippen molar-refractivity contribution in [3.05, 3.63) is 59.9 Å². The Morgan fingerprint density at radius 1 is 1.12 bits per heavy atom. The standard InChI is InChI=1S/C17H15F3N2OS/c1-16(23,10-24-11-5-3-2-4-6-11)15-9-13-12(21-15)7-8-14(22-13)17(18,19)20/h2-9,21,23H,10H2,1H3. The number of aromatic amines is 1. The summed E-state index contributed by atoms with van der Waals surface area (Å²) in [6, 6.07) is 13.3. The first-order chi connectivity index (χ1) is 11.3. The third-order valence-electron chi connectivity index (χ3n) is 3.61. The van der Waals surface area contributed by atoms with Crippen LogP contribution in [0.3, 0.4) is 0 Å². The van der Waals surface area contributed by atoms with Crippen molar-refractivity contribution in [2.75, 3.05) is 5.75 Å². The van der Waals surface area contributed by atoms with Gasteiger partial charge in [0.1, 0.15) is 11.3 Å². The third-order valence-corrected chi connectivity index (χ3v) is 4.92. The molecule has 3 rings (SSSR count). The quantitative estimate of drug-likeness (QED) is 0.676. The van der Waals surface area contributed by atoms with Gasteiger partial charge in [-0.3, -0.25) is 0 Å². The number of nitrogens with zero attached hydrogens (tertiary/aromatic N) is 1. The molecule has 1 aromatic carbocycles. The Morgan fingerprint density at radius 3 is 2.50 bits per heavy atom. The number of fused-ring (bicyclic) bond motifs is 1. The van der Waals surface area contributed by atoms with Gasteiger partial charge in [0.15, 0.2) is 0 Å². The third kappa shape index (κ3) is 3.57. The number of pyridine rings is 1. The number of nitrogens with one attached hydrogen (secondary N) is 1. The fourth-order valence-electron chi connectivity index (χ4n) is 2.27. The molecule has 1 unspecified atom stereocenters. The lowest BCUT2D eigenvalue weighted by atomic mass is 10.1. The van der Waals surface area contributed by atoms with Crippen LogP contribution in [0.2, 0.25) is 0 Å². The first kappa shape index (κ1) is 16.9. The predicted molar refractivity (Wildman–Crippen MR) is 87.8 cm³/mol. The summed E-state index contributed by atoms with van der Waals surface area (Å²) in [4.78, 5) is 7.59. The Morgan fingerprint density at radius 2 is 1.83 bits per heavy atom. The highest BCUT2D eigenvalue weighted by atomic mass is 32.2. The lowest BCUT2D eigenvalue weighted by Crippen LogP contribution is -2.24. The fraction of sp³-hybridized carbons (Fsp3) is 0.235. The Hall–Kier alpha value is -1.99. The maximum absolute atomic E-state index is 12.7. The zero-order valence-corrected chi connectivity index (χ0v) is 13.6. The Kier molecular flexibility index (Phi) is 4.31. The summed E-state index contributed by atoms with van der Waals surface area (Å²) < 4.78 is 38.2. The number of hydrogen-bond acceptors (Lipinski definition) is 3. The lowest BCUT2D eigenvalue weighted by molar-refractivity contribution is -0.140. The maximum Gasteiger partial charge on any atom is 0.433 e. The Bertz CT molecular complexity index is 844. The molecule has 7 heteroatoms. The van der Waals surface area contributed by atoms with Crippen molar-refractivity contribution in [2.45, 2.75) is 23.6 Å². The average molecular weight is 352 g/mol. The molecule has 0 aliphatic rings. The van der Waals surface area contributed by atoms with E-state index in [1.807, 2.05) is 30.3 Å². The number of aromatic nitrogens is 2. The van der Waals surface area contributed by atoms with E-state index in [2.05, 4.69) is 9.97 Å². The molecule has 1 atom stereocenters. The molecular weight excluding hydrogens is 337 g/mol. The van der Waals surface area contributed by atoms with Gasteiger partial charge in [-0.15, -0.1) is 11.8 Å². The SMILES string of the molecule is CC(O)(CSc1ccccc1)c1cc2nc(C(F)(F)F)ccc2[nH]1. The number of H-pyrrole nitrogens is 1. The fourth-order valence-corrected chi connectivity index (χ4v) is 3.23. The summed E-state index contributed by atoms with van der Waals surface area (Å²) >= 11 is 1.47. The smallest absolute Gasteiger partial charge is 0.383 e. The van der Waals surface area contributed by atoms with Crippen LogP contribution in [-0.4, -0.2) is 20.8 Å². The van der Waals surface area contributed by atoms with E-state index < -0.39 is 17.5 Å². The van der Waals surface area contributed by atoms with Crippen molar-refractivity contribution >= 4 is 22.8 Å². The van der Waals surface area contributed by atoms with Gasteiger partial charge in [-0.05, 0) is 37.3 Å². The molecule has 3 aromatic rings. The van der Waals surface area contributed by atoms with Gasteiger partial charge in [0, 0.05) is 10.6 Å². The Labute approximate surface area is 140 Å². The summed E-state index contributed by atoms with van der Waals surface area (Å²) in [6.45, 7) is 1.62. The highest BCUT2D eigenvalue weighted by Crippen LogP contribution is 2.32. The first-order valence-electron chi connectivity index (χ1n) is 7.23. The number of hydrogen-bond donors (Lipinski definition) is 2. The number of aliphatic hydroxyl groups is 1. The topological polar surface area (TPSA) is 48.9 Å². The van der Waals surface area contributed by atoms with Crippen LogP contribution in [0.15, 0.2) is 53.4 Å². The molecule has 2 heterocycles. The highest BCUT2D eigenvalue weighted by Gasteiger charge is 2.33. The van der Waals surface area contributed by atoms with Crippen LogP contribution >= 0.6 is 11.8 Å². The highest BCUT2D eigenvalue weighted by molar-refractivity contribution is 7.99. The van der Waals surface area contributed by atoms with E-state index in [0.29, 0.717) is 17.0 Å². The van der Waals surface area contributed by atoms with Crippen LogP contribution in [0.25, 0.3) is 11.0 Å². The van der Waals surface area contributed by atoms with E-state index >= 15 is 0 Å². The molecule has 0 aliphatic carbocycles. The second kappa shape index (κ2) is 6.14. The van der Waals surface area contributed by atoms with Gasteiger partial charge >= 0.3 is 6.18 Å². The summed E-state index contributed by atoms with van der Waals surface area (Å²) in [6.07, 6.45) is -4.49. The number of thioether (sulfide) groups is 1. The molecule has 0 saturated carbocycles. The first-order valence-corrected chi connectivity index (χ1v) is 8.22. The minimum Gasteiger partial charge on any atom is -0.383 e. The number of benzene rings is 1. The number of rotatable bonds is 4. The number of alkyl halides is 3. The molecule has 126 valence electrons. The monoisotopic (exact) mass is 352 g/mol. The van der Waals surface area contributed by atoms with Crippen LogP contribution < -0.4 is 0 Å². The molecule has 2 N–H and O–H groups in total. The van der Waals surface area contributed by atoms with Crippen molar-refractivity contribution in [2.24, 2.45) is 0 Å². The largest absolute Gasteiger partial charge is 0.433 e. The summed E-state index contributed by atoms with van der Waals surface area (Å²) in [7, 11) is 0. The zero-order chi connectivity index (χ0) is 17.4. The molecule has 2 aromatic heterocycles. The van der Waals surface area contributed by atoms with Crippen LogP contribution in [0.5, 0.6) is 0 Å². The molecule has 0 radical (unpaired) electrons. The van der Waals surface area contributed by atoms with Gasteiger partial charge in [0.2, 0.25) is 0 Å². The maximum atomic E-state index is 12.7. The van der Waals surface area contributed by atoms with E-state index in [1.54, 1.807) is 6.92 Å². The second-order valence-corrected chi connectivity index (χ2v) is 6.73. The van der Waals surface area contributed by atoms with E-state index in [9.17, 15) is 18.3 Å². The van der Waals surface area contributed by atoms with E-state index in [0.717, 1.165) is 11.0 Å². The molecule has 24 heavy (non-hydrogen) atoms. The van der Waals surface area contributed by atoms with Crippen molar-refractivity contribution < 1.29 is 18.3 Å². The van der Waals surface area contributed by atoms with Crippen LogP contribution in [0.1, 0.15) is 18.3 Å². The molecule has 0 saturated heterocycles. The Balaban J connectivity index is 1.84. The molecule has 0 amide bonds. The minimum atomic E-state index is -4.49. The molecular formula is C17H15F3N2OS. The summed E-state index contributed by atoms with van der Waals surface area (Å²) in [5, 5.41) is 10.7. The van der Waals surface area contributed by atoms with Gasteiger partial charge in [-0.25, -0.2) is 4.98 Å². The predicted octanol–water partition coefficient (Wildman–Crippen LogP) is 4.58. The molecule has 0 bridgehead atoms. The van der Waals surface area contributed by atoms with Crippen molar-refractivity contribution in [1.82, 2.24) is 9.97 Å². The second-order valence-electron chi connectivity index (χ2n) is 5.69. The van der Waals surface area contributed by atoms with Gasteiger partial charge in [-0.2, -0.15) is 13.2 Å². The number of halogens is 3. The molecule has 3 nitrogen and oxygen atoms in total. The van der Waals surface area contributed by atoms with Gasteiger partial charge in [-0.1, -0.05) is 18.2 Å². The van der Waals surface area contributed by atoms with Crippen LogP contribution in [-0.2, 0) is 11.8 Å². The van der Waals surface area contributed by atoms with Crippen molar-refractivity contribution in [3.8, 4) is 0 Å².